The Bertz CT molecular complexity index is 953. The van der Waals surface area contributed by atoms with Crippen LogP contribution in [0.1, 0.15) is 31.6 Å². The fourth-order valence-electron chi connectivity index (χ4n) is 2.84. The van der Waals surface area contributed by atoms with E-state index in [1.54, 1.807) is 11.8 Å². The third-order valence-corrected chi connectivity index (χ3v) is 5.63. The Labute approximate surface area is 171 Å². The minimum absolute atomic E-state index is 0.366. The monoisotopic (exact) mass is 442 g/mol. The maximum absolute atomic E-state index is 6.27. The highest BCUT2D eigenvalue weighted by Gasteiger charge is 2.26. The quantitative estimate of drug-likeness (QED) is 0.404. The number of hydrogen-bond donors (Lipinski definition) is 1. The van der Waals surface area contributed by atoms with Crippen LogP contribution in [0.5, 0.6) is 5.88 Å². The highest BCUT2D eigenvalue weighted by Crippen LogP contribution is 2.39. The van der Waals surface area contributed by atoms with Crippen LogP contribution in [0.25, 0.3) is 11.3 Å². The summed E-state index contributed by atoms with van der Waals surface area (Å²) in [5.41, 5.74) is 3.56. The fraction of sp³-hybridized carbons (Fsp3) is 0.250. The highest BCUT2D eigenvalue weighted by atomic mass is 79.9. The van der Waals surface area contributed by atoms with E-state index in [4.69, 9.17) is 4.74 Å². The Balaban J connectivity index is 1.74. The zero-order chi connectivity index (χ0) is 18.6. The summed E-state index contributed by atoms with van der Waals surface area (Å²) in [5, 5.41) is 12.9. The van der Waals surface area contributed by atoms with Crippen LogP contribution in [-0.4, -0.2) is 20.9 Å². The number of hydrogen-bond acceptors (Lipinski definition) is 6. The van der Waals surface area contributed by atoms with Crippen molar-refractivity contribution in [2.24, 2.45) is 0 Å². The molecule has 1 aliphatic rings. The molecule has 138 valence electrons. The summed E-state index contributed by atoms with van der Waals surface area (Å²) in [6.45, 7) is 2.17. The molecule has 0 aliphatic carbocycles. The third-order valence-electron chi connectivity index (χ3n) is 4.21. The number of halogens is 1. The predicted molar refractivity (Wildman–Crippen MR) is 112 cm³/mol. The Morgan fingerprint density at radius 3 is 2.89 bits per heavy atom. The topological polar surface area (TPSA) is 59.9 Å². The second-order valence-electron chi connectivity index (χ2n) is 6.19. The lowest BCUT2D eigenvalue weighted by molar-refractivity contribution is 0.225. The van der Waals surface area contributed by atoms with E-state index in [0.717, 1.165) is 39.9 Å². The van der Waals surface area contributed by atoms with Gasteiger partial charge >= 0.3 is 0 Å². The first-order chi connectivity index (χ1) is 13.2. The summed E-state index contributed by atoms with van der Waals surface area (Å²) in [7, 11) is 0. The smallest absolute Gasteiger partial charge is 0.247 e. The first-order valence-corrected chi connectivity index (χ1v) is 10.7. The minimum atomic E-state index is -0.366. The van der Waals surface area contributed by atoms with Crippen molar-refractivity contribution in [3.63, 3.8) is 0 Å². The largest absolute Gasteiger partial charge is 0.448 e. The average Bonchev–Trinajstić information content (AvgIpc) is 2.85. The number of nitrogens with zero attached hydrogens (tertiary/aromatic N) is 3. The van der Waals surface area contributed by atoms with Crippen LogP contribution >= 0.6 is 27.7 Å². The van der Waals surface area contributed by atoms with Gasteiger partial charge in [0.25, 0.3) is 0 Å². The van der Waals surface area contributed by atoms with Crippen LogP contribution in [0.2, 0.25) is 0 Å². The number of thioether (sulfide) groups is 1. The summed E-state index contributed by atoms with van der Waals surface area (Å²) in [5.74, 6) is 1.48. The molecule has 1 N–H and O–H groups in total. The summed E-state index contributed by atoms with van der Waals surface area (Å²) in [6.07, 6.45) is 1.90. The highest BCUT2D eigenvalue weighted by molar-refractivity contribution is 9.10. The van der Waals surface area contributed by atoms with E-state index in [1.807, 2.05) is 48.5 Å². The molecular formula is C20H19BrN4OS. The maximum Gasteiger partial charge on any atom is 0.247 e. The van der Waals surface area contributed by atoms with Crippen LogP contribution in [0.3, 0.4) is 0 Å². The number of fused-ring (bicyclic) bond motifs is 3. The minimum Gasteiger partial charge on any atom is -0.448 e. The molecule has 1 unspecified atom stereocenters. The van der Waals surface area contributed by atoms with E-state index in [2.05, 4.69) is 43.4 Å². The third kappa shape index (κ3) is 4.09. The van der Waals surface area contributed by atoms with E-state index >= 15 is 0 Å². The van der Waals surface area contributed by atoms with Crippen molar-refractivity contribution in [2.75, 3.05) is 11.1 Å². The number of aromatic nitrogens is 3. The predicted octanol–water partition coefficient (Wildman–Crippen LogP) is 5.70. The normalized spacial score (nSPS) is 15.1. The van der Waals surface area contributed by atoms with Crippen molar-refractivity contribution in [3.8, 4) is 17.1 Å². The lowest BCUT2D eigenvalue weighted by atomic mass is 10.1. The molecule has 4 rings (SSSR count). The maximum atomic E-state index is 6.27. The molecule has 3 aromatic rings. The van der Waals surface area contributed by atoms with Crippen molar-refractivity contribution in [2.45, 2.75) is 31.1 Å². The van der Waals surface area contributed by atoms with Gasteiger partial charge in [0.1, 0.15) is 0 Å². The zero-order valence-corrected chi connectivity index (χ0v) is 17.3. The van der Waals surface area contributed by atoms with Crippen LogP contribution in [0, 0.1) is 0 Å². The van der Waals surface area contributed by atoms with Crippen molar-refractivity contribution in [3.05, 3.63) is 58.6 Å². The van der Waals surface area contributed by atoms with Gasteiger partial charge in [-0.3, -0.25) is 0 Å². The lowest BCUT2D eigenvalue weighted by Crippen LogP contribution is -2.17. The Hall–Kier alpha value is -2.12. The molecule has 0 spiro atoms. The second kappa shape index (κ2) is 8.27. The molecule has 2 aromatic carbocycles. The van der Waals surface area contributed by atoms with Gasteiger partial charge in [0.15, 0.2) is 11.9 Å². The molecular weight excluding hydrogens is 424 g/mol. The lowest BCUT2D eigenvalue weighted by Gasteiger charge is -2.19. The van der Waals surface area contributed by atoms with Gasteiger partial charge in [-0.05, 0) is 24.6 Å². The van der Waals surface area contributed by atoms with E-state index in [9.17, 15) is 0 Å². The van der Waals surface area contributed by atoms with Crippen LogP contribution in [-0.2, 0) is 0 Å². The zero-order valence-electron chi connectivity index (χ0n) is 14.9. The van der Waals surface area contributed by atoms with E-state index in [0.29, 0.717) is 16.7 Å². The molecule has 0 radical (unpaired) electrons. The molecule has 0 amide bonds. The van der Waals surface area contributed by atoms with Crippen molar-refractivity contribution in [1.82, 2.24) is 15.2 Å². The Kier molecular flexibility index (Phi) is 5.59. The van der Waals surface area contributed by atoms with Crippen molar-refractivity contribution < 1.29 is 4.74 Å². The van der Waals surface area contributed by atoms with E-state index in [-0.39, 0.29) is 6.23 Å². The molecule has 5 nitrogen and oxygen atoms in total. The van der Waals surface area contributed by atoms with Crippen molar-refractivity contribution >= 4 is 33.4 Å². The van der Waals surface area contributed by atoms with Crippen molar-refractivity contribution in [1.29, 1.82) is 0 Å². The molecule has 0 bridgehead atoms. The molecule has 0 fully saturated rings. The van der Waals surface area contributed by atoms with Crippen LogP contribution in [0.15, 0.2) is 58.2 Å². The van der Waals surface area contributed by atoms with Gasteiger partial charge in [0, 0.05) is 27.0 Å². The number of nitrogens with one attached hydrogen (secondary N) is 1. The van der Waals surface area contributed by atoms with E-state index < -0.39 is 0 Å². The summed E-state index contributed by atoms with van der Waals surface area (Å²) >= 11 is 5.15. The van der Waals surface area contributed by atoms with Gasteiger partial charge in [-0.2, -0.15) is 4.98 Å². The number of para-hydroxylation sites is 1. The number of unbranched alkanes of at least 4 members (excludes halogenated alkanes) is 1. The van der Waals surface area contributed by atoms with Gasteiger partial charge in [-0.15, -0.1) is 10.2 Å². The molecule has 1 atom stereocenters. The Morgan fingerprint density at radius 1 is 1.15 bits per heavy atom. The summed E-state index contributed by atoms with van der Waals surface area (Å²) in [6, 6.07) is 16.1. The molecule has 7 heteroatoms. The average molecular weight is 443 g/mol. The van der Waals surface area contributed by atoms with E-state index in [1.165, 1.54) is 0 Å². The van der Waals surface area contributed by atoms with Gasteiger partial charge in [-0.25, -0.2) is 0 Å². The van der Waals surface area contributed by atoms with Crippen LogP contribution in [0.4, 0.5) is 5.69 Å². The molecule has 0 saturated heterocycles. The standard InChI is InChI=1S/C20H19BrN4OS/c1-2-3-11-27-20-23-19-17(24-25-20)15-9-4-5-10-16(15)22-18(26-19)13-7-6-8-14(21)12-13/h4-10,12,18,22H,2-3,11H2,1H3. The molecule has 1 aliphatic heterocycles. The number of rotatable bonds is 5. The number of ether oxygens (including phenoxy) is 1. The SMILES string of the molecule is CCCCSc1nnc2c(n1)OC(c1cccc(Br)c1)Nc1ccccc1-2. The Morgan fingerprint density at radius 2 is 2.04 bits per heavy atom. The second-order valence-corrected chi connectivity index (χ2v) is 8.17. The fourth-order valence-corrected chi connectivity index (χ4v) is 4.12. The van der Waals surface area contributed by atoms with Crippen LogP contribution < -0.4 is 10.1 Å². The first kappa shape index (κ1) is 18.3. The molecule has 2 heterocycles. The number of anilines is 1. The summed E-state index contributed by atoms with van der Waals surface area (Å²) < 4.78 is 7.27. The first-order valence-electron chi connectivity index (χ1n) is 8.90. The van der Waals surface area contributed by atoms with Gasteiger partial charge in [-0.1, -0.05) is 71.4 Å². The number of benzene rings is 2. The van der Waals surface area contributed by atoms with Gasteiger partial charge < -0.3 is 10.1 Å². The van der Waals surface area contributed by atoms with Gasteiger partial charge in [0.2, 0.25) is 11.0 Å². The molecule has 1 aromatic heterocycles. The molecule has 27 heavy (non-hydrogen) atoms. The molecule has 0 saturated carbocycles. The summed E-state index contributed by atoms with van der Waals surface area (Å²) in [4.78, 5) is 4.66. The van der Waals surface area contributed by atoms with Gasteiger partial charge in [0.05, 0.1) is 0 Å².